The maximum atomic E-state index is 5.53. The summed E-state index contributed by atoms with van der Waals surface area (Å²) in [6.45, 7) is 3.14. The smallest absolute Gasteiger partial charge is 0.231 e. The van der Waals surface area contributed by atoms with Gasteiger partial charge in [-0.15, -0.1) is 0 Å². The van der Waals surface area contributed by atoms with E-state index in [9.17, 15) is 0 Å². The lowest BCUT2D eigenvalue weighted by molar-refractivity contribution is 0.173. The number of para-hydroxylation sites is 2. The third-order valence-corrected chi connectivity index (χ3v) is 3.68. The third kappa shape index (κ3) is 2.81. The third-order valence-electron chi connectivity index (χ3n) is 3.68. The second-order valence-electron chi connectivity index (χ2n) is 5.00. The number of nitrogens with one attached hydrogen (secondary N) is 1. The molecule has 110 valence electrons. The summed E-state index contributed by atoms with van der Waals surface area (Å²) >= 11 is 0. The Morgan fingerprint density at radius 1 is 1.14 bits per heavy atom. The molecule has 0 saturated carbocycles. The van der Waals surface area contributed by atoms with E-state index in [4.69, 9.17) is 14.2 Å². The summed E-state index contributed by atoms with van der Waals surface area (Å²) in [6.07, 6.45) is 0. The molecule has 1 atom stereocenters. The molecule has 2 aromatic rings. The molecule has 1 heterocycles. The van der Waals surface area contributed by atoms with E-state index in [2.05, 4.69) is 24.4 Å². The van der Waals surface area contributed by atoms with E-state index in [1.807, 2.05) is 30.3 Å². The monoisotopic (exact) mass is 285 g/mol. The van der Waals surface area contributed by atoms with Gasteiger partial charge in [-0.05, 0) is 19.1 Å². The molecule has 0 radical (unpaired) electrons. The normalized spacial score (nSPS) is 14.0. The minimum atomic E-state index is 0.180. The number of methoxy groups -OCH3 is 1. The molecule has 21 heavy (non-hydrogen) atoms. The first-order valence-electron chi connectivity index (χ1n) is 7.03. The standard InChI is InChI=1S/C17H19NO3/c1-12(14-7-3-4-8-15(14)19-2)18-10-13-6-5-9-16-17(13)21-11-20-16/h3-9,12,18H,10-11H2,1-2H3. The largest absolute Gasteiger partial charge is 0.496 e. The van der Waals surface area contributed by atoms with Gasteiger partial charge >= 0.3 is 0 Å². The van der Waals surface area contributed by atoms with Crippen LogP contribution < -0.4 is 19.5 Å². The van der Waals surface area contributed by atoms with Gasteiger partial charge in [-0.3, -0.25) is 0 Å². The van der Waals surface area contributed by atoms with Gasteiger partial charge < -0.3 is 19.5 Å². The lowest BCUT2D eigenvalue weighted by Gasteiger charge is -2.17. The minimum Gasteiger partial charge on any atom is -0.496 e. The zero-order valence-corrected chi connectivity index (χ0v) is 12.3. The number of hydrogen-bond acceptors (Lipinski definition) is 4. The van der Waals surface area contributed by atoms with Crippen molar-refractivity contribution < 1.29 is 14.2 Å². The van der Waals surface area contributed by atoms with Crippen molar-refractivity contribution in [1.29, 1.82) is 0 Å². The predicted molar refractivity (Wildman–Crippen MR) is 80.8 cm³/mol. The molecule has 0 spiro atoms. The summed E-state index contributed by atoms with van der Waals surface area (Å²) in [5.74, 6) is 2.56. The summed E-state index contributed by atoms with van der Waals surface area (Å²) in [6, 6.07) is 14.2. The summed E-state index contributed by atoms with van der Waals surface area (Å²) in [7, 11) is 1.70. The molecule has 0 amide bonds. The number of hydrogen-bond donors (Lipinski definition) is 1. The van der Waals surface area contributed by atoms with Gasteiger partial charge in [0.2, 0.25) is 6.79 Å². The van der Waals surface area contributed by atoms with E-state index in [1.54, 1.807) is 7.11 Å². The molecule has 0 bridgehead atoms. The van der Waals surface area contributed by atoms with Gasteiger partial charge in [-0.25, -0.2) is 0 Å². The number of rotatable bonds is 5. The van der Waals surface area contributed by atoms with Crippen molar-refractivity contribution in [1.82, 2.24) is 5.32 Å². The molecule has 1 aliphatic heterocycles. The van der Waals surface area contributed by atoms with Crippen LogP contribution in [-0.2, 0) is 6.54 Å². The van der Waals surface area contributed by atoms with Crippen molar-refractivity contribution in [3.63, 3.8) is 0 Å². The highest BCUT2D eigenvalue weighted by Gasteiger charge is 2.18. The Balaban J connectivity index is 1.72. The first kappa shape index (κ1) is 13.8. The second kappa shape index (κ2) is 6.06. The van der Waals surface area contributed by atoms with E-state index < -0.39 is 0 Å². The average molecular weight is 285 g/mol. The Kier molecular flexibility index (Phi) is 3.97. The van der Waals surface area contributed by atoms with E-state index in [0.29, 0.717) is 13.3 Å². The Labute approximate surface area is 124 Å². The van der Waals surface area contributed by atoms with Crippen LogP contribution in [0.3, 0.4) is 0 Å². The molecule has 1 N–H and O–H groups in total. The van der Waals surface area contributed by atoms with Gasteiger partial charge in [-0.1, -0.05) is 30.3 Å². The highest BCUT2D eigenvalue weighted by atomic mass is 16.7. The Morgan fingerprint density at radius 3 is 2.86 bits per heavy atom. The van der Waals surface area contributed by atoms with Crippen LogP contribution in [0.5, 0.6) is 17.2 Å². The van der Waals surface area contributed by atoms with Crippen LogP contribution in [0, 0.1) is 0 Å². The second-order valence-corrected chi connectivity index (χ2v) is 5.00. The number of fused-ring (bicyclic) bond motifs is 1. The zero-order chi connectivity index (χ0) is 14.7. The molecular weight excluding hydrogens is 266 g/mol. The highest BCUT2D eigenvalue weighted by Crippen LogP contribution is 2.35. The van der Waals surface area contributed by atoms with E-state index in [0.717, 1.165) is 28.4 Å². The molecule has 0 saturated heterocycles. The molecule has 0 aromatic heterocycles. The highest BCUT2D eigenvalue weighted by molar-refractivity contribution is 5.48. The van der Waals surface area contributed by atoms with Gasteiger partial charge in [0.05, 0.1) is 7.11 Å². The zero-order valence-electron chi connectivity index (χ0n) is 12.3. The van der Waals surface area contributed by atoms with E-state index in [1.165, 1.54) is 0 Å². The minimum absolute atomic E-state index is 0.180. The van der Waals surface area contributed by atoms with E-state index >= 15 is 0 Å². The fraction of sp³-hybridized carbons (Fsp3) is 0.294. The fourth-order valence-electron chi connectivity index (χ4n) is 2.53. The van der Waals surface area contributed by atoms with Crippen LogP contribution in [0.1, 0.15) is 24.1 Å². The Hall–Kier alpha value is -2.20. The summed E-state index contributed by atoms with van der Waals surface area (Å²) < 4.78 is 16.3. The molecular formula is C17H19NO3. The lowest BCUT2D eigenvalue weighted by atomic mass is 10.1. The van der Waals surface area contributed by atoms with Crippen LogP contribution in [0.2, 0.25) is 0 Å². The Bertz CT molecular complexity index is 627. The maximum absolute atomic E-state index is 5.53. The van der Waals surface area contributed by atoms with Gasteiger partial charge in [-0.2, -0.15) is 0 Å². The first-order chi connectivity index (χ1) is 10.3. The maximum Gasteiger partial charge on any atom is 0.231 e. The fourth-order valence-corrected chi connectivity index (χ4v) is 2.53. The van der Waals surface area contributed by atoms with E-state index in [-0.39, 0.29) is 6.04 Å². The van der Waals surface area contributed by atoms with Gasteiger partial charge in [0.1, 0.15) is 5.75 Å². The first-order valence-corrected chi connectivity index (χ1v) is 7.03. The van der Waals surface area contributed by atoms with Crippen molar-refractivity contribution in [2.75, 3.05) is 13.9 Å². The molecule has 0 aliphatic carbocycles. The summed E-state index contributed by atoms with van der Waals surface area (Å²) in [4.78, 5) is 0. The lowest BCUT2D eigenvalue weighted by Crippen LogP contribution is -2.19. The van der Waals surface area contributed by atoms with Crippen LogP contribution in [0.15, 0.2) is 42.5 Å². The molecule has 0 fully saturated rings. The molecule has 4 nitrogen and oxygen atoms in total. The van der Waals surface area contributed by atoms with Crippen molar-refractivity contribution in [3.8, 4) is 17.2 Å². The topological polar surface area (TPSA) is 39.7 Å². The molecule has 4 heteroatoms. The van der Waals surface area contributed by atoms with Gasteiger partial charge in [0, 0.05) is 23.7 Å². The molecule has 1 unspecified atom stereocenters. The quantitative estimate of drug-likeness (QED) is 0.915. The van der Waals surface area contributed by atoms with Crippen LogP contribution >= 0.6 is 0 Å². The summed E-state index contributed by atoms with van der Waals surface area (Å²) in [5.41, 5.74) is 2.25. The molecule has 2 aromatic carbocycles. The van der Waals surface area contributed by atoms with Crippen LogP contribution in [0.25, 0.3) is 0 Å². The number of benzene rings is 2. The van der Waals surface area contributed by atoms with Gasteiger partial charge in [0.15, 0.2) is 11.5 Å². The average Bonchev–Trinajstić information content (AvgIpc) is 3.01. The Morgan fingerprint density at radius 2 is 2.00 bits per heavy atom. The number of ether oxygens (including phenoxy) is 3. The predicted octanol–water partition coefficient (Wildman–Crippen LogP) is 3.27. The van der Waals surface area contributed by atoms with Crippen molar-refractivity contribution in [3.05, 3.63) is 53.6 Å². The molecule has 3 rings (SSSR count). The van der Waals surface area contributed by atoms with Gasteiger partial charge in [0.25, 0.3) is 0 Å². The van der Waals surface area contributed by atoms with Crippen LogP contribution in [0.4, 0.5) is 0 Å². The van der Waals surface area contributed by atoms with Crippen molar-refractivity contribution >= 4 is 0 Å². The molecule has 1 aliphatic rings. The van der Waals surface area contributed by atoms with Crippen molar-refractivity contribution in [2.24, 2.45) is 0 Å². The van der Waals surface area contributed by atoms with Crippen molar-refractivity contribution in [2.45, 2.75) is 19.5 Å². The summed E-state index contributed by atoms with van der Waals surface area (Å²) in [5, 5.41) is 3.50. The SMILES string of the molecule is COc1ccccc1C(C)NCc1cccc2c1OCO2. The van der Waals surface area contributed by atoms with Crippen LogP contribution in [-0.4, -0.2) is 13.9 Å².